The molecule has 2 unspecified atom stereocenters. The molecular formula is C15H20N2O4. The normalized spacial score (nSPS) is 13.1. The second-order valence-corrected chi connectivity index (χ2v) is 4.84. The van der Waals surface area contributed by atoms with Crippen molar-refractivity contribution in [1.29, 1.82) is 0 Å². The summed E-state index contributed by atoms with van der Waals surface area (Å²) >= 11 is 0. The molecule has 6 nitrogen and oxygen atoms in total. The first kappa shape index (κ1) is 16.7. The summed E-state index contributed by atoms with van der Waals surface area (Å²) in [5.74, 6) is -2.87. The van der Waals surface area contributed by atoms with Gasteiger partial charge >= 0.3 is 5.97 Å². The molecule has 2 amide bonds. The van der Waals surface area contributed by atoms with Crippen LogP contribution in [-0.2, 0) is 14.4 Å². The van der Waals surface area contributed by atoms with Crippen LogP contribution in [0.15, 0.2) is 24.3 Å². The second-order valence-electron chi connectivity index (χ2n) is 4.84. The van der Waals surface area contributed by atoms with Crippen LogP contribution in [0.4, 0.5) is 5.69 Å². The highest BCUT2D eigenvalue weighted by Gasteiger charge is 2.25. The Bertz CT molecular complexity index is 542. The van der Waals surface area contributed by atoms with Crippen LogP contribution >= 0.6 is 0 Å². The van der Waals surface area contributed by atoms with E-state index in [1.54, 1.807) is 38.1 Å². The molecular weight excluding hydrogens is 272 g/mol. The number of amides is 2. The van der Waals surface area contributed by atoms with Crippen molar-refractivity contribution in [2.24, 2.45) is 5.92 Å². The van der Waals surface area contributed by atoms with Crippen molar-refractivity contribution >= 4 is 23.5 Å². The molecule has 0 saturated heterocycles. The molecule has 114 valence electrons. The van der Waals surface area contributed by atoms with Gasteiger partial charge in [-0.15, -0.1) is 0 Å². The molecule has 1 aromatic carbocycles. The van der Waals surface area contributed by atoms with Gasteiger partial charge in [0.2, 0.25) is 11.8 Å². The molecule has 0 heterocycles. The van der Waals surface area contributed by atoms with Crippen molar-refractivity contribution in [3.05, 3.63) is 29.8 Å². The zero-order valence-corrected chi connectivity index (χ0v) is 12.3. The maximum atomic E-state index is 11.9. The summed E-state index contributed by atoms with van der Waals surface area (Å²) in [5, 5.41) is 14.3. The van der Waals surface area contributed by atoms with Crippen molar-refractivity contribution in [3.8, 4) is 0 Å². The highest BCUT2D eigenvalue weighted by atomic mass is 16.4. The number of carboxylic acid groups (broad SMARTS) is 1. The number of carbonyl (C=O) groups excluding carboxylic acids is 2. The van der Waals surface area contributed by atoms with Crippen molar-refractivity contribution in [1.82, 2.24) is 5.32 Å². The van der Waals surface area contributed by atoms with Gasteiger partial charge in [0, 0.05) is 12.6 Å². The zero-order valence-electron chi connectivity index (χ0n) is 12.3. The predicted octanol–water partition coefficient (Wildman–Crippen LogP) is 1.93. The lowest BCUT2D eigenvalue weighted by Crippen LogP contribution is -2.36. The Labute approximate surface area is 123 Å². The molecule has 0 saturated carbocycles. The van der Waals surface area contributed by atoms with E-state index >= 15 is 0 Å². The van der Waals surface area contributed by atoms with Crippen LogP contribution in [0.25, 0.3) is 0 Å². The maximum Gasteiger partial charge on any atom is 0.316 e. The fourth-order valence-corrected chi connectivity index (χ4v) is 1.96. The fourth-order valence-electron chi connectivity index (χ4n) is 1.96. The SMILES string of the molecule is CCC(C(=O)O)C(=O)NC(C)c1cccc(NC(C)=O)c1. The first-order valence-corrected chi connectivity index (χ1v) is 6.75. The van der Waals surface area contributed by atoms with E-state index in [9.17, 15) is 14.4 Å². The van der Waals surface area contributed by atoms with Crippen LogP contribution < -0.4 is 10.6 Å². The lowest BCUT2D eigenvalue weighted by Gasteiger charge is -2.18. The van der Waals surface area contributed by atoms with Gasteiger partial charge in [0.25, 0.3) is 0 Å². The summed E-state index contributed by atoms with van der Waals surface area (Å²) in [4.78, 5) is 33.9. The lowest BCUT2D eigenvalue weighted by molar-refractivity contribution is -0.147. The average molecular weight is 292 g/mol. The van der Waals surface area contributed by atoms with E-state index < -0.39 is 17.8 Å². The zero-order chi connectivity index (χ0) is 16.0. The number of hydrogen-bond acceptors (Lipinski definition) is 3. The Morgan fingerprint density at radius 3 is 2.48 bits per heavy atom. The Balaban J connectivity index is 2.79. The Hall–Kier alpha value is -2.37. The topological polar surface area (TPSA) is 95.5 Å². The molecule has 0 aliphatic carbocycles. The summed E-state index contributed by atoms with van der Waals surface area (Å²) < 4.78 is 0. The number of aliphatic carboxylic acids is 1. The van der Waals surface area contributed by atoms with Gasteiger partial charge in [0.1, 0.15) is 5.92 Å². The Morgan fingerprint density at radius 1 is 1.29 bits per heavy atom. The Morgan fingerprint density at radius 2 is 1.95 bits per heavy atom. The summed E-state index contributed by atoms with van der Waals surface area (Å²) in [6.45, 7) is 4.83. The van der Waals surface area contributed by atoms with Crippen LogP contribution in [0, 0.1) is 5.92 Å². The van der Waals surface area contributed by atoms with Gasteiger partial charge in [0.05, 0.1) is 6.04 Å². The molecule has 0 radical (unpaired) electrons. The lowest BCUT2D eigenvalue weighted by atomic mass is 10.0. The van der Waals surface area contributed by atoms with E-state index in [0.717, 1.165) is 5.56 Å². The van der Waals surface area contributed by atoms with Crippen LogP contribution in [0.3, 0.4) is 0 Å². The fraction of sp³-hybridized carbons (Fsp3) is 0.400. The van der Waals surface area contributed by atoms with E-state index in [1.165, 1.54) is 6.92 Å². The first-order valence-electron chi connectivity index (χ1n) is 6.75. The van der Waals surface area contributed by atoms with E-state index in [4.69, 9.17) is 5.11 Å². The third kappa shape index (κ3) is 4.91. The van der Waals surface area contributed by atoms with Crippen molar-refractivity contribution in [3.63, 3.8) is 0 Å². The molecule has 0 aromatic heterocycles. The molecule has 0 bridgehead atoms. The minimum Gasteiger partial charge on any atom is -0.481 e. The highest BCUT2D eigenvalue weighted by molar-refractivity contribution is 5.97. The summed E-state index contributed by atoms with van der Waals surface area (Å²) in [6, 6.07) is 6.70. The minimum atomic E-state index is -1.13. The largest absolute Gasteiger partial charge is 0.481 e. The van der Waals surface area contributed by atoms with Crippen molar-refractivity contribution in [2.75, 3.05) is 5.32 Å². The summed E-state index contributed by atoms with van der Waals surface area (Å²) in [5.41, 5.74) is 1.42. The number of nitrogens with one attached hydrogen (secondary N) is 2. The second kappa shape index (κ2) is 7.42. The molecule has 2 atom stereocenters. The molecule has 21 heavy (non-hydrogen) atoms. The van der Waals surface area contributed by atoms with Gasteiger partial charge in [0.15, 0.2) is 0 Å². The quantitative estimate of drug-likeness (QED) is 0.698. The maximum absolute atomic E-state index is 11.9. The van der Waals surface area contributed by atoms with Crippen LogP contribution in [0.1, 0.15) is 38.8 Å². The summed E-state index contributed by atoms with van der Waals surface area (Å²) in [6.07, 6.45) is 0.236. The van der Waals surface area contributed by atoms with E-state index in [2.05, 4.69) is 10.6 Å². The smallest absolute Gasteiger partial charge is 0.316 e. The number of rotatable bonds is 6. The third-order valence-electron chi connectivity index (χ3n) is 3.09. The van der Waals surface area contributed by atoms with Crippen LogP contribution in [0.2, 0.25) is 0 Å². The van der Waals surface area contributed by atoms with Gasteiger partial charge in [-0.1, -0.05) is 19.1 Å². The van der Waals surface area contributed by atoms with Gasteiger partial charge in [-0.3, -0.25) is 14.4 Å². The molecule has 1 aromatic rings. The third-order valence-corrected chi connectivity index (χ3v) is 3.09. The number of carbonyl (C=O) groups is 3. The van der Waals surface area contributed by atoms with Gasteiger partial charge in [-0.05, 0) is 31.0 Å². The first-order chi connectivity index (χ1) is 9.85. The number of hydrogen-bond donors (Lipinski definition) is 3. The van der Waals surface area contributed by atoms with Gasteiger partial charge in [-0.2, -0.15) is 0 Å². The van der Waals surface area contributed by atoms with Gasteiger partial charge < -0.3 is 15.7 Å². The highest BCUT2D eigenvalue weighted by Crippen LogP contribution is 2.18. The van der Waals surface area contributed by atoms with E-state index in [0.29, 0.717) is 5.69 Å². The molecule has 1 rings (SSSR count). The van der Waals surface area contributed by atoms with Crippen molar-refractivity contribution in [2.45, 2.75) is 33.2 Å². The molecule has 3 N–H and O–H groups in total. The van der Waals surface area contributed by atoms with E-state index in [-0.39, 0.29) is 18.4 Å². The average Bonchev–Trinajstić information content (AvgIpc) is 2.38. The standard InChI is InChI=1S/C15H20N2O4/c1-4-13(15(20)21)14(19)16-9(2)11-6-5-7-12(8-11)17-10(3)18/h5-9,13H,4H2,1-3H3,(H,16,19)(H,17,18)(H,20,21). The molecule has 6 heteroatoms. The van der Waals surface area contributed by atoms with E-state index in [1.807, 2.05) is 0 Å². The molecule has 0 aliphatic rings. The predicted molar refractivity (Wildman–Crippen MR) is 78.7 cm³/mol. The number of anilines is 1. The molecule has 0 fully saturated rings. The molecule has 0 spiro atoms. The van der Waals surface area contributed by atoms with Crippen LogP contribution in [0.5, 0.6) is 0 Å². The number of benzene rings is 1. The van der Waals surface area contributed by atoms with Crippen molar-refractivity contribution < 1.29 is 19.5 Å². The minimum absolute atomic E-state index is 0.180. The number of carboxylic acids is 1. The van der Waals surface area contributed by atoms with Gasteiger partial charge in [-0.25, -0.2) is 0 Å². The molecule has 0 aliphatic heterocycles. The Kier molecular flexibility index (Phi) is 5.90. The monoisotopic (exact) mass is 292 g/mol. The van der Waals surface area contributed by atoms with Crippen LogP contribution in [-0.4, -0.2) is 22.9 Å². The summed E-state index contributed by atoms with van der Waals surface area (Å²) in [7, 11) is 0.